The van der Waals surface area contributed by atoms with Crippen molar-refractivity contribution in [3.05, 3.63) is 24.3 Å². The molecule has 34 heavy (non-hydrogen) atoms. The number of alkyl halides is 3. The second-order valence-electron chi connectivity index (χ2n) is 7.09. The standard InChI is InChI=1S/C21H30F3N3O6S/c1-3-4-5-6-11-25-20(31)27-15-7-9-16(10-8-15)33-19(18(30)17(29)14(2)28)32-13-12-26-34-21(22,23)24/h1,7-10,14,17-19,26,28-30H,4-6,11-13H2,2H3,(H2,25,27,31)/t14-,17?,18?,19-/m1/s1. The molecule has 13 heteroatoms. The fourth-order valence-corrected chi connectivity index (χ4v) is 2.83. The summed E-state index contributed by atoms with van der Waals surface area (Å²) in [5.41, 5.74) is -4.02. The molecule has 0 radical (unpaired) electrons. The summed E-state index contributed by atoms with van der Waals surface area (Å²) in [7, 11) is 0. The van der Waals surface area contributed by atoms with Crippen LogP contribution in [-0.2, 0) is 4.74 Å². The van der Waals surface area contributed by atoms with E-state index in [1.54, 1.807) is 0 Å². The minimum atomic E-state index is -4.47. The monoisotopic (exact) mass is 509 g/mol. The molecule has 1 rings (SSSR count). The van der Waals surface area contributed by atoms with Gasteiger partial charge in [0.1, 0.15) is 18.0 Å². The van der Waals surface area contributed by atoms with Crippen molar-refractivity contribution >= 4 is 23.7 Å². The van der Waals surface area contributed by atoms with Crippen LogP contribution in [0.1, 0.15) is 26.2 Å². The quantitative estimate of drug-likeness (QED) is 0.0918. The Morgan fingerprint density at radius 3 is 2.41 bits per heavy atom. The normalized spacial score (nSPS) is 15.0. The van der Waals surface area contributed by atoms with Crippen LogP contribution < -0.4 is 20.1 Å². The van der Waals surface area contributed by atoms with Gasteiger partial charge < -0.3 is 35.4 Å². The molecule has 0 spiro atoms. The van der Waals surface area contributed by atoms with Gasteiger partial charge in [-0.1, -0.05) is 0 Å². The fourth-order valence-electron chi connectivity index (χ4n) is 2.48. The van der Waals surface area contributed by atoms with Gasteiger partial charge in [0.05, 0.1) is 12.7 Å². The van der Waals surface area contributed by atoms with E-state index in [-0.39, 0.29) is 18.9 Å². The summed E-state index contributed by atoms with van der Waals surface area (Å²) in [4.78, 5) is 11.9. The number of hydrogen-bond donors (Lipinski definition) is 6. The molecule has 0 aliphatic rings. The zero-order valence-electron chi connectivity index (χ0n) is 18.5. The van der Waals surface area contributed by atoms with E-state index in [1.807, 2.05) is 4.72 Å². The summed E-state index contributed by atoms with van der Waals surface area (Å²) in [5, 5.41) is 35.0. The summed E-state index contributed by atoms with van der Waals surface area (Å²) >= 11 is -0.447. The maximum absolute atomic E-state index is 12.2. The number of carbonyl (C=O) groups excluding carboxylic acids is 1. The van der Waals surface area contributed by atoms with E-state index in [1.165, 1.54) is 31.2 Å². The van der Waals surface area contributed by atoms with Gasteiger partial charge in [0.25, 0.3) is 0 Å². The first kappa shape index (κ1) is 29.8. The third-order valence-electron chi connectivity index (χ3n) is 4.20. The SMILES string of the molecule is C#CCCCCNC(=O)Nc1ccc(O[C@@H](OCCNSC(F)(F)F)C(O)C(O)[C@@H](C)O)cc1. The highest BCUT2D eigenvalue weighted by Gasteiger charge is 2.32. The number of nitrogens with one attached hydrogen (secondary N) is 3. The average molecular weight is 510 g/mol. The summed E-state index contributed by atoms with van der Waals surface area (Å²) in [6, 6.07) is 5.54. The lowest BCUT2D eigenvalue weighted by Crippen LogP contribution is -2.47. The number of urea groups is 1. The van der Waals surface area contributed by atoms with Crippen LogP contribution in [0.4, 0.5) is 23.7 Å². The Morgan fingerprint density at radius 2 is 1.82 bits per heavy atom. The number of terminal acetylenes is 1. The van der Waals surface area contributed by atoms with Crippen molar-refractivity contribution in [2.45, 2.75) is 56.3 Å². The van der Waals surface area contributed by atoms with Crippen LogP contribution >= 0.6 is 11.9 Å². The molecule has 4 atom stereocenters. The number of anilines is 1. The molecule has 1 aromatic carbocycles. The zero-order chi connectivity index (χ0) is 25.6. The zero-order valence-corrected chi connectivity index (χ0v) is 19.4. The Morgan fingerprint density at radius 1 is 1.15 bits per heavy atom. The molecule has 0 fully saturated rings. The predicted octanol–water partition coefficient (Wildman–Crippen LogP) is 2.19. The van der Waals surface area contributed by atoms with E-state index in [4.69, 9.17) is 15.9 Å². The number of rotatable bonds is 15. The van der Waals surface area contributed by atoms with E-state index >= 15 is 0 Å². The highest BCUT2D eigenvalue weighted by Crippen LogP contribution is 2.27. The second-order valence-corrected chi connectivity index (χ2v) is 8.04. The number of aliphatic hydroxyl groups is 3. The van der Waals surface area contributed by atoms with Crippen molar-refractivity contribution in [3.63, 3.8) is 0 Å². The Kier molecular flexibility index (Phi) is 13.7. The van der Waals surface area contributed by atoms with Gasteiger partial charge >= 0.3 is 11.5 Å². The van der Waals surface area contributed by atoms with Crippen LogP contribution in [0.2, 0.25) is 0 Å². The molecule has 0 saturated carbocycles. The number of hydrogen-bond acceptors (Lipinski definition) is 8. The molecule has 192 valence electrons. The first-order chi connectivity index (χ1) is 16.0. The minimum absolute atomic E-state index is 0.180. The van der Waals surface area contributed by atoms with Gasteiger partial charge in [-0.3, -0.25) is 4.72 Å². The summed E-state index contributed by atoms with van der Waals surface area (Å²) in [6.45, 7) is 1.18. The van der Waals surface area contributed by atoms with E-state index in [9.17, 15) is 33.3 Å². The maximum atomic E-state index is 12.2. The first-order valence-corrected chi connectivity index (χ1v) is 11.2. The molecular formula is C21H30F3N3O6S. The number of unbranched alkanes of at least 4 members (excludes halogenated alkanes) is 2. The second kappa shape index (κ2) is 15.6. The van der Waals surface area contributed by atoms with Crippen molar-refractivity contribution in [2.24, 2.45) is 0 Å². The molecule has 9 nitrogen and oxygen atoms in total. The van der Waals surface area contributed by atoms with Crippen molar-refractivity contribution in [3.8, 4) is 18.1 Å². The Hall–Kier alpha value is -2.21. The third-order valence-corrected chi connectivity index (χ3v) is 4.77. The van der Waals surface area contributed by atoms with Crippen molar-refractivity contribution < 1.29 is 42.8 Å². The van der Waals surface area contributed by atoms with Crippen LogP contribution in [0.15, 0.2) is 24.3 Å². The molecule has 0 aliphatic heterocycles. The molecule has 0 bridgehead atoms. The Bertz CT molecular complexity index is 762. The summed E-state index contributed by atoms with van der Waals surface area (Å²) < 4.78 is 49.3. The van der Waals surface area contributed by atoms with Gasteiger partial charge in [0.2, 0.25) is 6.29 Å². The summed E-state index contributed by atoms with van der Waals surface area (Å²) in [5.74, 6) is 2.70. The topological polar surface area (TPSA) is 132 Å². The predicted molar refractivity (Wildman–Crippen MR) is 122 cm³/mol. The molecule has 0 heterocycles. The van der Waals surface area contributed by atoms with E-state index < -0.39 is 48.1 Å². The van der Waals surface area contributed by atoms with Gasteiger partial charge in [-0.25, -0.2) is 4.79 Å². The molecule has 2 unspecified atom stereocenters. The smallest absolute Gasteiger partial charge is 0.456 e. The molecule has 0 saturated heterocycles. The lowest BCUT2D eigenvalue weighted by atomic mass is 10.1. The molecule has 6 N–H and O–H groups in total. The largest absolute Gasteiger partial charge is 0.462 e. The van der Waals surface area contributed by atoms with Gasteiger partial charge in [-0.15, -0.1) is 12.3 Å². The molecular weight excluding hydrogens is 479 g/mol. The number of amides is 2. The van der Waals surface area contributed by atoms with Crippen LogP contribution in [0.3, 0.4) is 0 Å². The lowest BCUT2D eigenvalue weighted by Gasteiger charge is -2.28. The van der Waals surface area contributed by atoms with Crippen molar-refractivity contribution in [1.82, 2.24) is 10.0 Å². The van der Waals surface area contributed by atoms with Crippen molar-refractivity contribution in [1.29, 1.82) is 0 Å². The van der Waals surface area contributed by atoms with Gasteiger partial charge in [-0.05, 0) is 44.0 Å². The van der Waals surface area contributed by atoms with Crippen LogP contribution in [-0.4, -0.2) is 71.2 Å². The Labute approximate surface area is 200 Å². The van der Waals surface area contributed by atoms with Crippen LogP contribution in [0.25, 0.3) is 0 Å². The highest BCUT2D eigenvalue weighted by atomic mass is 32.2. The molecule has 2 amide bonds. The van der Waals surface area contributed by atoms with Gasteiger partial charge in [0.15, 0.2) is 0 Å². The number of halogens is 3. The minimum Gasteiger partial charge on any atom is -0.462 e. The van der Waals surface area contributed by atoms with Crippen molar-refractivity contribution in [2.75, 3.05) is 25.0 Å². The van der Waals surface area contributed by atoms with Crippen LogP contribution in [0.5, 0.6) is 5.75 Å². The molecule has 1 aromatic rings. The number of carbonyl (C=O) groups is 1. The van der Waals surface area contributed by atoms with E-state index in [0.29, 0.717) is 18.7 Å². The van der Waals surface area contributed by atoms with Crippen LogP contribution in [0, 0.1) is 12.3 Å². The van der Waals surface area contributed by atoms with E-state index in [2.05, 4.69) is 16.6 Å². The molecule has 0 aliphatic carbocycles. The average Bonchev–Trinajstić information content (AvgIpc) is 2.77. The number of aliphatic hydroxyl groups excluding tert-OH is 3. The first-order valence-electron chi connectivity index (χ1n) is 10.4. The van der Waals surface area contributed by atoms with Gasteiger partial charge in [0, 0.05) is 37.1 Å². The number of benzene rings is 1. The summed E-state index contributed by atoms with van der Waals surface area (Å²) in [6.07, 6.45) is 1.21. The highest BCUT2D eigenvalue weighted by molar-refractivity contribution is 7.98. The lowest BCUT2D eigenvalue weighted by molar-refractivity contribution is -0.187. The third kappa shape index (κ3) is 12.9. The van der Waals surface area contributed by atoms with Gasteiger partial charge in [-0.2, -0.15) is 13.2 Å². The maximum Gasteiger partial charge on any atom is 0.456 e. The number of ether oxygens (including phenoxy) is 2. The Balaban J connectivity index is 2.63. The van der Waals surface area contributed by atoms with E-state index in [0.717, 1.165) is 12.8 Å². The molecule has 0 aromatic heterocycles. The fraction of sp³-hybridized carbons (Fsp3) is 0.571.